The van der Waals surface area contributed by atoms with Gasteiger partial charge in [-0.3, -0.25) is 0 Å². The van der Waals surface area contributed by atoms with Crippen molar-refractivity contribution in [3.63, 3.8) is 0 Å². The summed E-state index contributed by atoms with van der Waals surface area (Å²) in [4.78, 5) is 0. The topological polar surface area (TPSA) is 59.6 Å². The molecule has 2 rings (SSSR count). The molecular formula is C14H4Cl2F3N3. The molecule has 0 fully saturated rings. The van der Waals surface area contributed by atoms with Gasteiger partial charge < -0.3 is 5.32 Å². The first-order chi connectivity index (χ1) is 10.4. The summed E-state index contributed by atoms with van der Waals surface area (Å²) < 4.78 is 41.6. The lowest BCUT2D eigenvalue weighted by Gasteiger charge is -2.14. The van der Waals surface area contributed by atoms with Gasteiger partial charge >= 0.3 is 0 Å². The quantitative estimate of drug-likeness (QED) is 0.790. The summed E-state index contributed by atoms with van der Waals surface area (Å²) in [5.41, 5.74) is -2.84. The van der Waals surface area contributed by atoms with Crippen molar-refractivity contribution in [1.29, 1.82) is 10.5 Å². The second-order valence-electron chi connectivity index (χ2n) is 4.01. The van der Waals surface area contributed by atoms with Gasteiger partial charge in [-0.1, -0.05) is 29.3 Å². The Kier molecular flexibility index (Phi) is 4.46. The van der Waals surface area contributed by atoms with E-state index in [2.05, 4.69) is 5.32 Å². The highest BCUT2D eigenvalue weighted by Gasteiger charge is 2.26. The van der Waals surface area contributed by atoms with E-state index < -0.39 is 34.3 Å². The Hall–Kier alpha value is -2.41. The van der Waals surface area contributed by atoms with E-state index >= 15 is 0 Å². The van der Waals surface area contributed by atoms with Crippen LogP contribution in [-0.2, 0) is 0 Å². The number of hydrogen-bond acceptors (Lipinski definition) is 3. The molecule has 0 aliphatic heterocycles. The zero-order valence-electron chi connectivity index (χ0n) is 10.5. The molecule has 0 unspecified atom stereocenters. The predicted molar refractivity (Wildman–Crippen MR) is 75.5 cm³/mol. The molecule has 0 aliphatic carbocycles. The Morgan fingerprint density at radius 1 is 0.818 bits per heavy atom. The van der Waals surface area contributed by atoms with Crippen molar-refractivity contribution < 1.29 is 13.2 Å². The first kappa shape index (κ1) is 16.0. The number of rotatable bonds is 2. The van der Waals surface area contributed by atoms with Gasteiger partial charge in [-0.15, -0.1) is 0 Å². The molecule has 8 heteroatoms. The van der Waals surface area contributed by atoms with Crippen LogP contribution in [0.4, 0.5) is 24.5 Å². The molecule has 0 saturated heterocycles. The molecule has 110 valence electrons. The summed E-state index contributed by atoms with van der Waals surface area (Å²) >= 11 is 11.7. The molecular weight excluding hydrogens is 338 g/mol. The highest BCUT2D eigenvalue weighted by molar-refractivity contribution is 6.39. The molecule has 0 spiro atoms. The lowest BCUT2D eigenvalue weighted by Crippen LogP contribution is -2.07. The van der Waals surface area contributed by atoms with E-state index in [1.807, 2.05) is 0 Å². The fourth-order valence-electron chi connectivity index (χ4n) is 1.72. The van der Waals surface area contributed by atoms with Crippen molar-refractivity contribution in [3.8, 4) is 12.1 Å². The number of para-hydroxylation sites is 1. The van der Waals surface area contributed by atoms with Crippen LogP contribution in [0, 0.1) is 40.1 Å². The van der Waals surface area contributed by atoms with E-state index in [0.29, 0.717) is 0 Å². The predicted octanol–water partition coefficient (Wildman–Crippen LogP) is 4.90. The smallest absolute Gasteiger partial charge is 0.185 e. The van der Waals surface area contributed by atoms with Crippen molar-refractivity contribution in [2.24, 2.45) is 0 Å². The van der Waals surface area contributed by atoms with Crippen LogP contribution < -0.4 is 5.32 Å². The minimum Gasteiger partial charge on any atom is -0.349 e. The molecule has 0 atom stereocenters. The third-order valence-corrected chi connectivity index (χ3v) is 3.39. The maximum Gasteiger partial charge on any atom is 0.185 e. The Bertz CT molecular complexity index is 834. The minimum absolute atomic E-state index is 0.0234. The molecule has 0 aliphatic rings. The fourth-order valence-corrected chi connectivity index (χ4v) is 2.22. The van der Waals surface area contributed by atoms with E-state index in [4.69, 9.17) is 33.7 Å². The lowest BCUT2D eigenvalue weighted by atomic mass is 10.1. The lowest BCUT2D eigenvalue weighted by molar-refractivity contribution is 0.493. The van der Waals surface area contributed by atoms with Crippen LogP contribution in [0.25, 0.3) is 0 Å². The van der Waals surface area contributed by atoms with Crippen molar-refractivity contribution in [1.82, 2.24) is 0 Å². The number of anilines is 2. The van der Waals surface area contributed by atoms with Crippen LogP contribution in [0.1, 0.15) is 11.1 Å². The Labute approximate surface area is 133 Å². The summed E-state index contributed by atoms with van der Waals surface area (Å²) in [7, 11) is 0. The third-order valence-electron chi connectivity index (χ3n) is 2.76. The Balaban J connectivity index is 2.72. The summed E-state index contributed by atoms with van der Waals surface area (Å²) in [5, 5.41) is 20.0. The number of benzene rings is 2. The molecule has 0 radical (unpaired) electrons. The SMILES string of the molecule is N#Cc1c(F)c(F)c(Nc2c(Cl)cccc2Cl)c(C#N)c1F. The minimum atomic E-state index is -1.70. The van der Waals surface area contributed by atoms with Crippen LogP contribution >= 0.6 is 23.2 Å². The molecule has 1 N–H and O–H groups in total. The third kappa shape index (κ3) is 2.55. The zero-order valence-corrected chi connectivity index (χ0v) is 12.0. The highest BCUT2D eigenvalue weighted by Crippen LogP contribution is 2.36. The van der Waals surface area contributed by atoms with E-state index in [1.165, 1.54) is 30.3 Å². The van der Waals surface area contributed by atoms with Crippen LogP contribution in [0.15, 0.2) is 18.2 Å². The summed E-state index contributed by atoms with van der Waals surface area (Å²) in [5.74, 6) is -4.75. The number of nitrogens with one attached hydrogen (secondary N) is 1. The maximum absolute atomic E-state index is 14.0. The Morgan fingerprint density at radius 3 is 1.86 bits per heavy atom. The summed E-state index contributed by atoms with van der Waals surface area (Å²) in [6.07, 6.45) is 0. The van der Waals surface area contributed by atoms with Gasteiger partial charge in [-0.05, 0) is 12.1 Å². The molecule has 0 saturated carbocycles. The molecule has 0 heterocycles. The fraction of sp³-hybridized carbons (Fsp3) is 0. The van der Waals surface area contributed by atoms with Crippen molar-refractivity contribution in [2.75, 3.05) is 5.32 Å². The van der Waals surface area contributed by atoms with Gasteiger partial charge in [0.15, 0.2) is 17.5 Å². The van der Waals surface area contributed by atoms with Gasteiger partial charge in [0.2, 0.25) is 0 Å². The van der Waals surface area contributed by atoms with Gasteiger partial charge in [-0.2, -0.15) is 10.5 Å². The molecule has 0 amide bonds. The van der Waals surface area contributed by atoms with Crippen LogP contribution in [0.5, 0.6) is 0 Å². The van der Waals surface area contributed by atoms with Gasteiger partial charge in [-0.25, -0.2) is 13.2 Å². The van der Waals surface area contributed by atoms with E-state index in [9.17, 15) is 13.2 Å². The first-order valence-corrected chi connectivity index (χ1v) is 6.39. The van der Waals surface area contributed by atoms with Crippen molar-refractivity contribution in [2.45, 2.75) is 0 Å². The molecule has 3 nitrogen and oxygen atoms in total. The van der Waals surface area contributed by atoms with Crippen LogP contribution in [-0.4, -0.2) is 0 Å². The monoisotopic (exact) mass is 341 g/mol. The van der Waals surface area contributed by atoms with Gasteiger partial charge in [0.25, 0.3) is 0 Å². The maximum atomic E-state index is 14.0. The van der Waals surface area contributed by atoms with Crippen molar-refractivity contribution in [3.05, 3.63) is 56.8 Å². The molecule has 2 aromatic rings. The average Bonchev–Trinajstić information content (AvgIpc) is 2.48. The number of nitrogens with zero attached hydrogens (tertiary/aromatic N) is 2. The zero-order chi connectivity index (χ0) is 16.4. The second kappa shape index (κ2) is 6.15. The largest absolute Gasteiger partial charge is 0.349 e. The standard InChI is InChI=1S/C14H4Cl2F3N3/c15-8-2-1-3-9(16)14(8)22-13-7(5-21)10(17)6(4-20)11(18)12(13)19/h1-3,22H. The van der Waals surface area contributed by atoms with Crippen LogP contribution in [0.2, 0.25) is 10.0 Å². The number of hydrogen-bond donors (Lipinski definition) is 1. The van der Waals surface area contributed by atoms with E-state index in [0.717, 1.165) is 0 Å². The number of halogens is 5. The highest BCUT2D eigenvalue weighted by atomic mass is 35.5. The second-order valence-corrected chi connectivity index (χ2v) is 4.83. The number of nitriles is 2. The molecule has 0 bridgehead atoms. The van der Waals surface area contributed by atoms with Gasteiger partial charge in [0, 0.05) is 0 Å². The van der Waals surface area contributed by atoms with Gasteiger partial charge in [0.05, 0.1) is 21.4 Å². The van der Waals surface area contributed by atoms with E-state index in [-0.39, 0.29) is 15.7 Å². The molecule has 22 heavy (non-hydrogen) atoms. The van der Waals surface area contributed by atoms with Crippen LogP contribution in [0.3, 0.4) is 0 Å². The first-order valence-electron chi connectivity index (χ1n) is 5.64. The normalized spacial score (nSPS) is 9.95. The van der Waals surface area contributed by atoms with E-state index in [1.54, 1.807) is 0 Å². The molecule has 2 aromatic carbocycles. The van der Waals surface area contributed by atoms with Crippen molar-refractivity contribution >= 4 is 34.6 Å². The Morgan fingerprint density at radius 2 is 1.36 bits per heavy atom. The molecule has 0 aromatic heterocycles. The summed E-state index contributed by atoms with van der Waals surface area (Å²) in [6, 6.07) is 6.89. The van der Waals surface area contributed by atoms with Gasteiger partial charge in [0.1, 0.15) is 23.3 Å². The summed E-state index contributed by atoms with van der Waals surface area (Å²) in [6.45, 7) is 0. The average molecular weight is 342 g/mol.